The fourth-order valence-electron chi connectivity index (χ4n) is 3.38. The quantitative estimate of drug-likeness (QED) is 0.305. The molecule has 0 spiro atoms. The molecule has 156 valence electrons. The maximum Gasteiger partial charge on any atom is 0.349 e. The van der Waals surface area contributed by atoms with Crippen LogP contribution >= 0.6 is 0 Å². The number of ether oxygens (including phenoxy) is 2. The molecule has 5 nitrogen and oxygen atoms in total. The van der Waals surface area contributed by atoms with Crippen molar-refractivity contribution >= 4 is 16.9 Å². The van der Waals surface area contributed by atoms with Crippen molar-refractivity contribution in [2.75, 3.05) is 6.61 Å². The largest absolute Gasteiger partial charge is 0.482 e. The van der Waals surface area contributed by atoms with E-state index in [1.807, 2.05) is 54.6 Å². The van der Waals surface area contributed by atoms with Gasteiger partial charge in [-0.1, -0.05) is 62.4 Å². The van der Waals surface area contributed by atoms with Gasteiger partial charge in [0.2, 0.25) is 0 Å². The van der Waals surface area contributed by atoms with E-state index in [9.17, 15) is 9.59 Å². The van der Waals surface area contributed by atoms with E-state index >= 15 is 0 Å². The van der Waals surface area contributed by atoms with Crippen molar-refractivity contribution in [3.8, 4) is 22.6 Å². The maximum absolute atomic E-state index is 12.8. The van der Waals surface area contributed by atoms with Crippen molar-refractivity contribution in [3.05, 3.63) is 94.8 Å². The third-order valence-corrected chi connectivity index (χ3v) is 4.95. The Bertz CT molecular complexity index is 1270. The predicted octanol–water partition coefficient (Wildman–Crippen LogP) is 5.57. The Morgan fingerprint density at radius 2 is 1.71 bits per heavy atom. The van der Waals surface area contributed by atoms with E-state index in [0.29, 0.717) is 22.3 Å². The molecule has 0 bridgehead atoms. The Morgan fingerprint density at radius 3 is 2.48 bits per heavy atom. The van der Waals surface area contributed by atoms with Crippen molar-refractivity contribution in [1.82, 2.24) is 0 Å². The number of para-hydroxylation sites is 1. The molecular formula is C26H22O5. The Labute approximate surface area is 179 Å². The highest BCUT2D eigenvalue weighted by atomic mass is 16.6. The molecule has 0 fully saturated rings. The summed E-state index contributed by atoms with van der Waals surface area (Å²) in [5.74, 6) is 0.679. The second-order valence-corrected chi connectivity index (χ2v) is 7.46. The van der Waals surface area contributed by atoms with Crippen LogP contribution in [0.15, 0.2) is 88.3 Å². The molecule has 5 heteroatoms. The van der Waals surface area contributed by atoms with Gasteiger partial charge < -0.3 is 13.9 Å². The van der Waals surface area contributed by atoms with Gasteiger partial charge in [-0.15, -0.1) is 0 Å². The number of benzene rings is 3. The molecule has 0 atom stereocenters. The van der Waals surface area contributed by atoms with Crippen molar-refractivity contribution in [1.29, 1.82) is 0 Å². The monoisotopic (exact) mass is 414 g/mol. The van der Waals surface area contributed by atoms with Crippen LogP contribution in [0.4, 0.5) is 0 Å². The van der Waals surface area contributed by atoms with Gasteiger partial charge in [0.1, 0.15) is 23.3 Å². The van der Waals surface area contributed by atoms with Gasteiger partial charge in [-0.2, -0.15) is 0 Å². The molecule has 0 aliphatic rings. The fraction of sp³-hybridized carbons (Fsp3) is 0.154. The Kier molecular flexibility index (Phi) is 5.85. The summed E-state index contributed by atoms with van der Waals surface area (Å²) in [4.78, 5) is 25.1. The van der Waals surface area contributed by atoms with E-state index in [4.69, 9.17) is 13.9 Å². The number of hydrogen-bond acceptors (Lipinski definition) is 5. The van der Waals surface area contributed by atoms with Crippen LogP contribution in [-0.4, -0.2) is 12.6 Å². The molecule has 4 aromatic rings. The Hall–Kier alpha value is -3.86. The smallest absolute Gasteiger partial charge is 0.349 e. The van der Waals surface area contributed by atoms with Crippen molar-refractivity contribution < 1.29 is 18.7 Å². The highest BCUT2D eigenvalue weighted by Gasteiger charge is 2.13. The normalized spacial score (nSPS) is 10.9. The molecule has 0 aliphatic carbocycles. The lowest BCUT2D eigenvalue weighted by molar-refractivity contribution is -0.136. The zero-order valence-electron chi connectivity index (χ0n) is 17.3. The van der Waals surface area contributed by atoms with Crippen LogP contribution in [0.25, 0.3) is 22.1 Å². The first kappa shape index (κ1) is 20.4. The second kappa shape index (κ2) is 8.88. The Morgan fingerprint density at radius 1 is 0.968 bits per heavy atom. The topological polar surface area (TPSA) is 65.7 Å². The SMILES string of the molecule is CC(C)c1ccccc1OCC(=O)Oc1ccc2c(=O)c(-c3ccccc3)coc2c1. The number of hydrogen-bond donors (Lipinski definition) is 0. The summed E-state index contributed by atoms with van der Waals surface area (Å²) in [6.07, 6.45) is 1.43. The summed E-state index contributed by atoms with van der Waals surface area (Å²) in [5.41, 5.74) is 2.50. The van der Waals surface area contributed by atoms with Crippen molar-refractivity contribution in [3.63, 3.8) is 0 Å². The van der Waals surface area contributed by atoms with E-state index < -0.39 is 5.97 Å². The zero-order chi connectivity index (χ0) is 21.8. The van der Waals surface area contributed by atoms with E-state index in [-0.39, 0.29) is 23.7 Å². The predicted molar refractivity (Wildman–Crippen MR) is 120 cm³/mol. The third kappa shape index (κ3) is 4.51. The number of fused-ring (bicyclic) bond motifs is 1. The summed E-state index contributed by atoms with van der Waals surface area (Å²) in [6.45, 7) is 3.90. The number of carbonyl (C=O) groups excluding carboxylic acids is 1. The van der Waals surface area contributed by atoms with Crippen LogP contribution in [0.1, 0.15) is 25.3 Å². The van der Waals surface area contributed by atoms with E-state index in [1.54, 1.807) is 12.1 Å². The zero-order valence-corrected chi connectivity index (χ0v) is 17.3. The molecule has 31 heavy (non-hydrogen) atoms. The summed E-state index contributed by atoms with van der Waals surface area (Å²) in [7, 11) is 0. The molecular weight excluding hydrogens is 392 g/mol. The number of esters is 1. The standard InChI is InChI=1S/C26H22O5/c1-17(2)20-10-6-7-11-23(20)30-16-25(27)31-19-12-13-21-24(14-19)29-15-22(26(21)28)18-8-4-3-5-9-18/h3-15,17H,16H2,1-2H3. The number of carbonyl (C=O) groups is 1. The van der Waals surface area contributed by atoms with Gasteiger partial charge in [0, 0.05) is 6.07 Å². The number of rotatable bonds is 6. The van der Waals surface area contributed by atoms with Gasteiger partial charge in [-0.05, 0) is 35.2 Å². The molecule has 1 aromatic heterocycles. The first-order valence-corrected chi connectivity index (χ1v) is 10.1. The molecule has 0 saturated heterocycles. The molecule has 0 aliphatic heterocycles. The summed E-state index contributed by atoms with van der Waals surface area (Å²) in [5, 5.41) is 0.420. The van der Waals surface area contributed by atoms with Crippen molar-refractivity contribution in [2.45, 2.75) is 19.8 Å². The maximum atomic E-state index is 12.8. The van der Waals surface area contributed by atoms with Crippen LogP contribution < -0.4 is 14.9 Å². The van der Waals surface area contributed by atoms with E-state index in [0.717, 1.165) is 11.1 Å². The minimum atomic E-state index is -0.541. The van der Waals surface area contributed by atoms with Gasteiger partial charge in [-0.25, -0.2) is 4.79 Å². The molecule has 4 rings (SSSR count). The summed E-state index contributed by atoms with van der Waals surface area (Å²) in [6, 6.07) is 21.6. The van der Waals surface area contributed by atoms with Gasteiger partial charge in [-0.3, -0.25) is 4.79 Å². The molecule has 1 heterocycles. The third-order valence-electron chi connectivity index (χ3n) is 4.95. The summed E-state index contributed by atoms with van der Waals surface area (Å²) < 4.78 is 16.7. The molecule has 0 unspecified atom stereocenters. The van der Waals surface area contributed by atoms with E-state index in [2.05, 4.69) is 13.8 Å². The highest BCUT2D eigenvalue weighted by molar-refractivity contribution is 5.83. The van der Waals surface area contributed by atoms with Gasteiger partial charge >= 0.3 is 5.97 Å². The van der Waals surface area contributed by atoms with Crippen LogP contribution in [-0.2, 0) is 4.79 Å². The Balaban J connectivity index is 1.49. The first-order valence-electron chi connectivity index (χ1n) is 10.1. The molecule has 0 radical (unpaired) electrons. The second-order valence-electron chi connectivity index (χ2n) is 7.46. The van der Waals surface area contributed by atoms with Gasteiger partial charge in [0.25, 0.3) is 0 Å². The lowest BCUT2D eigenvalue weighted by Gasteiger charge is -2.13. The molecule has 0 amide bonds. The summed E-state index contributed by atoms with van der Waals surface area (Å²) >= 11 is 0. The van der Waals surface area contributed by atoms with Crippen LogP contribution in [0.3, 0.4) is 0 Å². The minimum Gasteiger partial charge on any atom is -0.482 e. The molecule has 0 N–H and O–H groups in total. The molecule has 3 aromatic carbocycles. The average Bonchev–Trinajstić information content (AvgIpc) is 2.78. The highest BCUT2D eigenvalue weighted by Crippen LogP contribution is 2.26. The van der Waals surface area contributed by atoms with Crippen molar-refractivity contribution in [2.24, 2.45) is 0 Å². The van der Waals surface area contributed by atoms with Crippen LogP contribution in [0, 0.1) is 0 Å². The first-order chi connectivity index (χ1) is 15.0. The van der Waals surface area contributed by atoms with Crippen LogP contribution in [0.5, 0.6) is 11.5 Å². The van der Waals surface area contributed by atoms with Gasteiger partial charge in [0.05, 0.1) is 10.9 Å². The fourth-order valence-corrected chi connectivity index (χ4v) is 3.38. The minimum absolute atomic E-state index is 0.140. The van der Waals surface area contributed by atoms with Gasteiger partial charge in [0.15, 0.2) is 12.0 Å². The lowest BCUT2D eigenvalue weighted by atomic mass is 10.0. The lowest BCUT2D eigenvalue weighted by Crippen LogP contribution is -2.18. The average molecular weight is 414 g/mol. The van der Waals surface area contributed by atoms with Crippen LogP contribution in [0.2, 0.25) is 0 Å². The molecule has 0 saturated carbocycles. The van der Waals surface area contributed by atoms with E-state index in [1.165, 1.54) is 12.3 Å².